The van der Waals surface area contributed by atoms with Crippen LogP contribution in [0.4, 0.5) is 0 Å². The highest BCUT2D eigenvalue weighted by Crippen LogP contribution is 2.43. The molecule has 1 atom stereocenters. The zero-order valence-electron chi connectivity index (χ0n) is 19.8. The molecule has 0 bridgehead atoms. The predicted molar refractivity (Wildman–Crippen MR) is 133 cm³/mol. The molecule has 1 unspecified atom stereocenters. The fourth-order valence-corrected chi connectivity index (χ4v) is 5.44. The minimum Gasteiger partial charge on any atom is -0.748 e. The van der Waals surface area contributed by atoms with Gasteiger partial charge in [0.05, 0.1) is 41.5 Å². The Hall–Kier alpha value is -2.20. The first kappa shape index (κ1) is 27.4. The minimum atomic E-state index is -4.28. The number of halogens is 2. The zero-order valence-corrected chi connectivity index (χ0v) is 22.1. The van der Waals surface area contributed by atoms with Crippen molar-refractivity contribution in [3.05, 3.63) is 51.5 Å². The fourth-order valence-electron chi connectivity index (χ4n) is 4.59. The molecule has 1 heterocycles. The Morgan fingerprint density at radius 2 is 1.69 bits per heavy atom. The number of unbranched alkanes of at least 4 members (excludes halogenated alkanes) is 1. The maximum Gasteiger partial charge on any atom is 0.254 e. The van der Waals surface area contributed by atoms with Crippen molar-refractivity contribution in [2.75, 3.05) is 40.2 Å². The highest BCUT2D eigenvalue weighted by Gasteiger charge is 2.41. The lowest BCUT2D eigenvalue weighted by atomic mass is 9.75. The Kier molecular flexibility index (Phi) is 8.80. The first-order valence-electron chi connectivity index (χ1n) is 11.0. The van der Waals surface area contributed by atoms with Crippen molar-refractivity contribution in [3.8, 4) is 17.2 Å². The van der Waals surface area contributed by atoms with Crippen LogP contribution in [0.25, 0.3) is 0 Å². The van der Waals surface area contributed by atoms with E-state index in [1.165, 1.54) is 21.3 Å². The maximum absolute atomic E-state index is 13.5. The predicted octanol–water partition coefficient (Wildman–Crippen LogP) is 4.52. The Labute approximate surface area is 215 Å². The summed E-state index contributed by atoms with van der Waals surface area (Å²) in [6.45, 7) is 0.875. The van der Waals surface area contributed by atoms with E-state index in [2.05, 4.69) is 0 Å². The largest absolute Gasteiger partial charge is 0.748 e. The second kappa shape index (κ2) is 11.2. The SMILES string of the molecule is COc1cc(C(=O)N2CCC(CCCCS(=O)(=O)[O-])(c3ccc(Cl)c(Cl)c3)C2)cc(OC)c1OC. The molecule has 2 aromatic rings. The van der Waals surface area contributed by atoms with E-state index in [1.54, 1.807) is 29.2 Å². The van der Waals surface area contributed by atoms with Gasteiger partial charge >= 0.3 is 0 Å². The van der Waals surface area contributed by atoms with Crippen molar-refractivity contribution in [2.45, 2.75) is 31.1 Å². The Morgan fingerprint density at radius 1 is 1.03 bits per heavy atom. The van der Waals surface area contributed by atoms with Gasteiger partial charge in [-0.05, 0) is 49.1 Å². The molecule has 1 fully saturated rings. The molecule has 3 rings (SSSR count). The van der Waals surface area contributed by atoms with Crippen LogP contribution < -0.4 is 14.2 Å². The molecule has 0 N–H and O–H groups in total. The van der Waals surface area contributed by atoms with Gasteiger partial charge in [0.25, 0.3) is 5.91 Å². The molecule has 35 heavy (non-hydrogen) atoms. The number of likely N-dealkylation sites (tertiary alicyclic amines) is 1. The van der Waals surface area contributed by atoms with Crippen LogP contribution in [0.2, 0.25) is 10.0 Å². The van der Waals surface area contributed by atoms with Crippen molar-refractivity contribution >= 4 is 39.2 Å². The summed E-state index contributed by atoms with van der Waals surface area (Å²) >= 11 is 12.4. The van der Waals surface area contributed by atoms with Gasteiger partial charge in [-0.2, -0.15) is 0 Å². The van der Waals surface area contributed by atoms with Crippen LogP contribution in [-0.4, -0.2) is 63.9 Å². The molecule has 0 aliphatic carbocycles. The van der Waals surface area contributed by atoms with E-state index in [-0.39, 0.29) is 12.3 Å². The van der Waals surface area contributed by atoms with Crippen molar-refractivity contribution in [1.29, 1.82) is 0 Å². The summed E-state index contributed by atoms with van der Waals surface area (Å²) in [5.74, 6) is 0.533. The highest BCUT2D eigenvalue weighted by atomic mass is 35.5. The Bertz CT molecular complexity index is 1160. The maximum atomic E-state index is 13.5. The van der Waals surface area contributed by atoms with Crippen LogP contribution in [-0.2, 0) is 15.5 Å². The van der Waals surface area contributed by atoms with Crippen LogP contribution in [0.3, 0.4) is 0 Å². The van der Waals surface area contributed by atoms with Gasteiger partial charge < -0.3 is 23.7 Å². The number of nitrogens with zero attached hydrogens (tertiary/aromatic N) is 1. The number of amides is 1. The van der Waals surface area contributed by atoms with Gasteiger partial charge in [-0.1, -0.05) is 35.7 Å². The molecule has 2 aromatic carbocycles. The van der Waals surface area contributed by atoms with E-state index in [0.29, 0.717) is 65.2 Å². The van der Waals surface area contributed by atoms with Crippen molar-refractivity contribution in [3.63, 3.8) is 0 Å². The molecular weight excluding hydrogens is 517 g/mol. The molecule has 1 saturated heterocycles. The van der Waals surface area contributed by atoms with E-state index in [9.17, 15) is 17.8 Å². The van der Waals surface area contributed by atoms with Crippen LogP contribution in [0.5, 0.6) is 17.2 Å². The topological polar surface area (TPSA) is 105 Å². The third kappa shape index (κ3) is 6.33. The third-order valence-corrected chi connectivity index (χ3v) is 7.91. The van der Waals surface area contributed by atoms with Gasteiger partial charge in [-0.25, -0.2) is 8.42 Å². The zero-order chi connectivity index (χ0) is 25.8. The average Bonchev–Trinajstić information content (AvgIpc) is 3.27. The second-order valence-corrected chi connectivity index (χ2v) is 10.9. The molecule has 0 saturated carbocycles. The summed E-state index contributed by atoms with van der Waals surface area (Å²) < 4.78 is 49.2. The molecule has 1 aliphatic heterocycles. The van der Waals surface area contributed by atoms with E-state index in [4.69, 9.17) is 37.4 Å². The van der Waals surface area contributed by atoms with Gasteiger partial charge in [0.2, 0.25) is 5.75 Å². The number of benzene rings is 2. The molecule has 0 aromatic heterocycles. The van der Waals surface area contributed by atoms with E-state index < -0.39 is 21.3 Å². The van der Waals surface area contributed by atoms with Crippen molar-refractivity contribution in [2.24, 2.45) is 0 Å². The molecule has 1 aliphatic rings. The van der Waals surface area contributed by atoms with Crippen molar-refractivity contribution < 1.29 is 32.0 Å². The van der Waals surface area contributed by atoms with Crippen LogP contribution >= 0.6 is 23.2 Å². The monoisotopic (exact) mass is 544 g/mol. The number of carbonyl (C=O) groups is 1. The summed E-state index contributed by atoms with van der Waals surface area (Å²) in [7, 11) is 0.179. The smallest absolute Gasteiger partial charge is 0.254 e. The first-order chi connectivity index (χ1) is 16.5. The molecule has 8 nitrogen and oxygen atoms in total. The normalized spacial score (nSPS) is 17.9. The Balaban J connectivity index is 1.89. The summed E-state index contributed by atoms with van der Waals surface area (Å²) in [5.41, 5.74) is 0.843. The number of hydrogen-bond donors (Lipinski definition) is 0. The molecule has 0 spiro atoms. The van der Waals surface area contributed by atoms with E-state index in [0.717, 1.165) is 5.56 Å². The quantitative estimate of drug-likeness (QED) is 0.319. The summed E-state index contributed by atoms with van der Waals surface area (Å²) in [6.07, 6.45) is 1.98. The van der Waals surface area contributed by atoms with Crippen LogP contribution in [0, 0.1) is 0 Å². The van der Waals surface area contributed by atoms with Gasteiger partial charge in [-0.3, -0.25) is 4.79 Å². The van der Waals surface area contributed by atoms with E-state index in [1.807, 2.05) is 6.07 Å². The lowest BCUT2D eigenvalue weighted by Crippen LogP contribution is -2.34. The van der Waals surface area contributed by atoms with Gasteiger partial charge in [0.15, 0.2) is 11.5 Å². The molecule has 11 heteroatoms. The average molecular weight is 545 g/mol. The highest BCUT2D eigenvalue weighted by molar-refractivity contribution is 7.85. The van der Waals surface area contributed by atoms with E-state index >= 15 is 0 Å². The van der Waals surface area contributed by atoms with Crippen LogP contribution in [0.1, 0.15) is 41.6 Å². The lowest BCUT2D eigenvalue weighted by molar-refractivity contribution is 0.0781. The third-order valence-electron chi connectivity index (χ3n) is 6.38. The summed E-state index contributed by atoms with van der Waals surface area (Å²) in [6, 6.07) is 8.62. The minimum absolute atomic E-state index is 0.201. The van der Waals surface area contributed by atoms with Gasteiger partial charge in [0.1, 0.15) is 0 Å². The summed E-state index contributed by atoms with van der Waals surface area (Å²) in [5, 5.41) is 0.825. The molecule has 1 amide bonds. The summed E-state index contributed by atoms with van der Waals surface area (Å²) in [4.78, 5) is 15.2. The number of methoxy groups -OCH3 is 3. The lowest BCUT2D eigenvalue weighted by Gasteiger charge is -2.31. The number of rotatable bonds is 10. The van der Waals surface area contributed by atoms with Crippen LogP contribution in [0.15, 0.2) is 30.3 Å². The number of ether oxygens (including phenoxy) is 3. The molecule has 0 radical (unpaired) electrons. The second-order valence-electron chi connectivity index (χ2n) is 8.52. The fraction of sp³-hybridized carbons (Fsp3) is 0.458. The first-order valence-corrected chi connectivity index (χ1v) is 13.4. The molecule has 192 valence electrons. The number of carbonyl (C=O) groups excluding carboxylic acids is 1. The number of hydrogen-bond acceptors (Lipinski definition) is 7. The molecular formula is C24H28Cl2NO7S-. The standard InChI is InChI=1S/C24H29Cl2NO7S/c1-32-20-12-16(13-21(33-2)22(20)34-3)23(28)27-10-9-24(15-27,8-4-5-11-35(29,30)31)17-6-7-18(25)19(26)14-17/h6-7,12-14H,4-5,8-11,15H2,1-3H3,(H,29,30,31)/p-1. The van der Waals surface area contributed by atoms with Crippen molar-refractivity contribution in [1.82, 2.24) is 4.90 Å². The van der Waals surface area contributed by atoms with Gasteiger partial charge in [-0.15, -0.1) is 0 Å². The Morgan fingerprint density at radius 3 is 2.23 bits per heavy atom. The van der Waals surface area contributed by atoms with Gasteiger partial charge in [0, 0.05) is 29.8 Å².